The lowest BCUT2D eigenvalue weighted by molar-refractivity contribution is -0.277. The highest BCUT2D eigenvalue weighted by molar-refractivity contribution is 5.19. The van der Waals surface area contributed by atoms with E-state index in [1.54, 1.807) is 0 Å². The average Bonchev–Trinajstić information content (AvgIpc) is 3.17. The minimum absolute atomic E-state index is 0.242. The van der Waals surface area contributed by atoms with Crippen LogP contribution in [-0.2, 0) is 9.47 Å². The van der Waals surface area contributed by atoms with Gasteiger partial charge in [0.2, 0.25) is 0 Å². The van der Waals surface area contributed by atoms with Crippen molar-refractivity contribution in [2.45, 2.75) is 115 Å². The van der Waals surface area contributed by atoms with Gasteiger partial charge in [-0.05, 0) is 80.0 Å². The first-order valence-electron chi connectivity index (χ1n) is 13.4. The van der Waals surface area contributed by atoms with Crippen molar-refractivity contribution in [2.24, 2.45) is 46.3 Å². The minimum Gasteiger partial charge on any atom is -0.393 e. The Morgan fingerprint density at radius 2 is 1.69 bits per heavy atom. The Kier molecular flexibility index (Phi) is 4.83. The molecule has 6 aliphatic rings. The van der Waals surface area contributed by atoms with E-state index in [4.69, 9.17) is 9.47 Å². The summed E-state index contributed by atoms with van der Waals surface area (Å²) in [6.07, 6.45) is 7.07. The van der Waals surface area contributed by atoms with Gasteiger partial charge in [-0.2, -0.15) is 0 Å². The molecule has 5 heteroatoms. The van der Waals surface area contributed by atoms with Crippen molar-refractivity contribution in [1.82, 2.24) is 0 Å². The van der Waals surface area contributed by atoms with Gasteiger partial charge in [0.05, 0.1) is 30.5 Å². The molecule has 182 valence electrons. The van der Waals surface area contributed by atoms with Gasteiger partial charge in [0.1, 0.15) is 0 Å². The molecule has 0 amide bonds. The quantitative estimate of drug-likeness (QED) is 0.524. The molecule has 0 aromatic carbocycles. The van der Waals surface area contributed by atoms with Crippen LogP contribution in [0, 0.1) is 46.3 Å². The zero-order valence-electron chi connectivity index (χ0n) is 20.4. The molecule has 1 spiro atoms. The Labute approximate surface area is 193 Å². The third-order valence-electron chi connectivity index (χ3n) is 12.1. The number of fused-ring (bicyclic) bond motifs is 7. The fourth-order valence-corrected chi connectivity index (χ4v) is 10.3. The smallest absolute Gasteiger partial charge is 0.171 e. The van der Waals surface area contributed by atoms with E-state index < -0.39 is 23.2 Å². The molecule has 0 radical (unpaired) electrons. The van der Waals surface area contributed by atoms with Gasteiger partial charge in [-0.1, -0.05) is 27.7 Å². The molecule has 4 saturated carbocycles. The molecule has 0 aromatic rings. The van der Waals surface area contributed by atoms with Gasteiger partial charge < -0.3 is 24.8 Å². The molecule has 6 fully saturated rings. The first-order chi connectivity index (χ1) is 15.0. The second-order valence-corrected chi connectivity index (χ2v) is 13.4. The third kappa shape index (κ3) is 2.64. The van der Waals surface area contributed by atoms with Crippen molar-refractivity contribution < 1.29 is 24.8 Å². The highest BCUT2D eigenvalue weighted by Gasteiger charge is 2.71. The highest BCUT2D eigenvalue weighted by Crippen LogP contribution is 2.71. The number of rotatable bonds is 0. The summed E-state index contributed by atoms with van der Waals surface area (Å²) in [5.74, 6) is 2.62. The number of hydrogen-bond donors (Lipinski definition) is 3. The van der Waals surface area contributed by atoms with Gasteiger partial charge in [-0.3, -0.25) is 0 Å². The minimum atomic E-state index is -0.950. The molecule has 32 heavy (non-hydrogen) atoms. The maximum absolute atomic E-state index is 11.7. The van der Waals surface area contributed by atoms with E-state index in [0.29, 0.717) is 54.8 Å². The molecule has 2 saturated heterocycles. The van der Waals surface area contributed by atoms with Crippen LogP contribution in [0.1, 0.15) is 85.5 Å². The van der Waals surface area contributed by atoms with E-state index in [2.05, 4.69) is 27.7 Å². The van der Waals surface area contributed by atoms with Crippen molar-refractivity contribution >= 4 is 0 Å². The summed E-state index contributed by atoms with van der Waals surface area (Å²) in [6, 6.07) is 0. The summed E-state index contributed by atoms with van der Waals surface area (Å²) in [7, 11) is 0. The highest BCUT2D eigenvalue weighted by atomic mass is 16.7. The first-order valence-corrected chi connectivity index (χ1v) is 13.4. The van der Waals surface area contributed by atoms with Gasteiger partial charge in [0, 0.05) is 24.2 Å². The van der Waals surface area contributed by atoms with Crippen molar-refractivity contribution in [3.63, 3.8) is 0 Å². The monoisotopic (exact) mass is 448 g/mol. The first kappa shape index (κ1) is 22.3. The van der Waals surface area contributed by atoms with Crippen LogP contribution in [0.3, 0.4) is 0 Å². The van der Waals surface area contributed by atoms with E-state index in [-0.39, 0.29) is 17.3 Å². The molecule has 5 nitrogen and oxygen atoms in total. The van der Waals surface area contributed by atoms with Gasteiger partial charge in [-0.25, -0.2) is 0 Å². The Morgan fingerprint density at radius 3 is 2.41 bits per heavy atom. The SMILES string of the molecule is C[C@H]1CC[C@@]2(OC1)O[C@H]1C[C@H]3[C@@H]4CC[C@]5(O)C[C@@H](O)C[C@@H](O)[C@]5(C)[C@H]4CC[C@]3(C)[C@H]1[C@@H]2C. The van der Waals surface area contributed by atoms with Gasteiger partial charge >= 0.3 is 0 Å². The number of hydrogen-bond acceptors (Lipinski definition) is 5. The van der Waals surface area contributed by atoms with Gasteiger partial charge in [0.15, 0.2) is 5.79 Å². The Morgan fingerprint density at radius 1 is 0.906 bits per heavy atom. The molecule has 0 bridgehead atoms. The van der Waals surface area contributed by atoms with E-state index >= 15 is 0 Å². The zero-order chi connectivity index (χ0) is 22.7. The lowest BCUT2D eigenvalue weighted by Gasteiger charge is -2.65. The Bertz CT molecular complexity index is 763. The number of aliphatic hydroxyl groups is 3. The summed E-state index contributed by atoms with van der Waals surface area (Å²) in [4.78, 5) is 0. The molecule has 3 N–H and O–H groups in total. The maximum atomic E-state index is 11.7. The van der Waals surface area contributed by atoms with Crippen LogP contribution in [0.4, 0.5) is 0 Å². The molecule has 0 aromatic heterocycles. The molecule has 0 unspecified atom stereocenters. The molecule has 6 rings (SSSR count). The van der Waals surface area contributed by atoms with Crippen LogP contribution in [0.15, 0.2) is 0 Å². The van der Waals surface area contributed by atoms with E-state index in [1.807, 2.05) is 0 Å². The molecule has 13 atom stereocenters. The van der Waals surface area contributed by atoms with Crippen LogP contribution in [0.5, 0.6) is 0 Å². The van der Waals surface area contributed by atoms with Crippen LogP contribution in [0.25, 0.3) is 0 Å². The molecule has 4 aliphatic carbocycles. The van der Waals surface area contributed by atoms with Crippen LogP contribution < -0.4 is 0 Å². The average molecular weight is 449 g/mol. The van der Waals surface area contributed by atoms with Gasteiger partial charge in [0.25, 0.3) is 0 Å². The molecule has 2 aliphatic heterocycles. The summed E-state index contributed by atoms with van der Waals surface area (Å²) < 4.78 is 13.3. The third-order valence-corrected chi connectivity index (χ3v) is 12.1. The summed E-state index contributed by atoms with van der Waals surface area (Å²) in [5.41, 5.74) is -1.23. The van der Waals surface area contributed by atoms with Gasteiger partial charge in [-0.15, -0.1) is 0 Å². The van der Waals surface area contributed by atoms with Crippen LogP contribution in [0.2, 0.25) is 0 Å². The molecular formula is C27H44O5. The van der Waals surface area contributed by atoms with E-state index in [0.717, 1.165) is 38.7 Å². The zero-order valence-corrected chi connectivity index (χ0v) is 20.4. The van der Waals surface area contributed by atoms with Crippen molar-refractivity contribution in [3.05, 3.63) is 0 Å². The van der Waals surface area contributed by atoms with Crippen molar-refractivity contribution in [1.29, 1.82) is 0 Å². The maximum Gasteiger partial charge on any atom is 0.171 e. The second kappa shape index (κ2) is 6.94. The molecular weight excluding hydrogens is 404 g/mol. The largest absolute Gasteiger partial charge is 0.393 e. The van der Waals surface area contributed by atoms with E-state index in [1.165, 1.54) is 6.42 Å². The number of ether oxygens (including phenoxy) is 2. The van der Waals surface area contributed by atoms with Crippen molar-refractivity contribution in [2.75, 3.05) is 6.61 Å². The topological polar surface area (TPSA) is 79.2 Å². The lowest BCUT2D eigenvalue weighted by Crippen LogP contribution is -2.68. The fraction of sp³-hybridized carbons (Fsp3) is 1.00. The lowest BCUT2D eigenvalue weighted by atomic mass is 9.42. The number of aliphatic hydroxyl groups excluding tert-OH is 2. The molecule has 2 heterocycles. The van der Waals surface area contributed by atoms with Crippen LogP contribution in [-0.4, -0.2) is 51.6 Å². The summed E-state index contributed by atoms with van der Waals surface area (Å²) in [6.45, 7) is 10.1. The normalized spacial score (nSPS) is 64.0. The Hall–Kier alpha value is -0.200. The standard InChI is InChI=1S/C27H44O5/c1-15-5-10-27(31-14-15)16(2)23-21(32-27)12-20-18-6-9-26(30)13-17(28)11-22(29)25(26,4)19(18)7-8-24(20,23)3/h15-23,28-30H,5-14H2,1-4H3/t15-,16-,17-,18+,19-,20-,21-,22+,23-,24-,25-,26-,27+/m0/s1. The van der Waals surface area contributed by atoms with Crippen molar-refractivity contribution in [3.8, 4) is 0 Å². The van der Waals surface area contributed by atoms with Crippen LogP contribution >= 0.6 is 0 Å². The Balaban J connectivity index is 1.29. The van der Waals surface area contributed by atoms with E-state index in [9.17, 15) is 15.3 Å². The predicted molar refractivity (Wildman–Crippen MR) is 121 cm³/mol. The fourth-order valence-electron chi connectivity index (χ4n) is 10.3. The summed E-state index contributed by atoms with van der Waals surface area (Å²) >= 11 is 0. The predicted octanol–water partition coefficient (Wildman–Crippen LogP) is 3.88. The summed E-state index contributed by atoms with van der Waals surface area (Å²) in [5, 5.41) is 33.1. The second-order valence-electron chi connectivity index (χ2n) is 13.4.